The number of nitrogens with zero attached hydrogens (tertiary/aromatic N) is 4. The molecule has 0 amide bonds. The molecule has 248 valence electrons. The lowest BCUT2D eigenvalue weighted by atomic mass is 9.82. The van der Waals surface area contributed by atoms with Gasteiger partial charge in [0.05, 0.1) is 33.5 Å². The fourth-order valence-corrected chi connectivity index (χ4v) is 8.71. The molecule has 4 heteroatoms. The average Bonchev–Trinajstić information content (AvgIpc) is 3.77. The molecule has 0 spiro atoms. The normalized spacial score (nSPS) is 13.4. The van der Waals surface area contributed by atoms with E-state index in [1.165, 1.54) is 33.0 Å². The summed E-state index contributed by atoms with van der Waals surface area (Å²) in [6, 6.07) is 47.7. The zero-order valence-electron chi connectivity index (χ0n) is 29.4. The van der Waals surface area contributed by atoms with Gasteiger partial charge in [-0.25, -0.2) is 9.97 Å². The van der Waals surface area contributed by atoms with Gasteiger partial charge in [-0.05, 0) is 77.7 Å². The maximum Gasteiger partial charge on any atom is 0.235 e. The van der Waals surface area contributed by atoms with Crippen LogP contribution in [0.4, 0.5) is 0 Å². The lowest BCUT2D eigenvalue weighted by Crippen LogP contribution is -2.15. The van der Waals surface area contributed by atoms with E-state index in [2.05, 4.69) is 182 Å². The molecule has 0 aliphatic heterocycles. The first-order valence-corrected chi connectivity index (χ1v) is 17.9. The van der Waals surface area contributed by atoms with Gasteiger partial charge in [-0.1, -0.05) is 124 Å². The van der Waals surface area contributed by atoms with Crippen LogP contribution in [0.5, 0.6) is 0 Å². The van der Waals surface area contributed by atoms with Crippen LogP contribution in [0.25, 0.3) is 89.8 Å². The van der Waals surface area contributed by atoms with E-state index in [-0.39, 0.29) is 5.41 Å². The first-order chi connectivity index (χ1) is 25.5. The number of fused-ring (bicyclic) bond motifs is 9. The van der Waals surface area contributed by atoms with Gasteiger partial charge in [0.25, 0.3) is 0 Å². The van der Waals surface area contributed by atoms with Gasteiger partial charge in [-0.15, -0.1) is 0 Å². The molecule has 0 saturated carbocycles. The van der Waals surface area contributed by atoms with Crippen LogP contribution < -0.4 is 0 Å². The number of aromatic nitrogens is 4. The second kappa shape index (κ2) is 11.2. The number of hydrogen-bond acceptors (Lipinski definition) is 2. The van der Waals surface area contributed by atoms with Gasteiger partial charge < -0.3 is 4.57 Å². The molecule has 6 aromatic carbocycles. The Kier molecular flexibility index (Phi) is 6.56. The minimum atomic E-state index is -0.150. The fourth-order valence-electron chi connectivity index (χ4n) is 8.71. The molecule has 0 N–H and O–H groups in total. The summed E-state index contributed by atoms with van der Waals surface area (Å²) in [5, 5.41) is 4.57. The van der Waals surface area contributed by atoms with Crippen molar-refractivity contribution in [3.63, 3.8) is 0 Å². The van der Waals surface area contributed by atoms with Crippen LogP contribution in [0.3, 0.4) is 0 Å². The summed E-state index contributed by atoms with van der Waals surface area (Å²) in [4.78, 5) is 10.9. The summed E-state index contributed by atoms with van der Waals surface area (Å²) < 4.78 is 4.60. The molecule has 3 aromatic heterocycles. The Morgan fingerprint density at radius 3 is 2.08 bits per heavy atom. The molecule has 0 saturated heterocycles. The lowest BCUT2D eigenvalue weighted by Gasteiger charge is -2.22. The lowest BCUT2D eigenvalue weighted by molar-refractivity contribution is 0.661. The summed E-state index contributed by atoms with van der Waals surface area (Å²) >= 11 is 0. The third kappa shape index (κ3) is 4.15. The number of para-hydroxylation sites is 2. The third-order valence-corrected chi connectivity index (χ3v) is 11.0. The first kappa shape index (κ1) is 30.3. The van der Waals surface area contributed by atoms with E-state index in [0.29, 0.717) is 5.95 Å². The Morgan fingerprint density at radius 2 is 1.31 bits per heavy atom. The van der Waals surface area contributed by atoms with Crippen molar-refractivity contribution in [1.82, 2.24) is 19.1 Å². The molecular formula is C48H36N4. The van der Waals surface area contributed by atoms with Gasteiger partial charge >= 0.3 is 0 Å². The minimum Gasteiger partial charge on any atom is -0.309 e. The molecular weight excluding hydrogens is 633 g/mol. The van der Waals surface area contributed by atoms with Crippen LogP contribution in [0.2, 0.25) is 0 Å². The topological polar surface area (TPSA) is 35.6 Å². The third-order valence-electron chi connectivity index (χ3n) is 11.0. The SMILES string of the molecule is C=Cc1c(/C=C\C)n(-c2nc(-c3ccccc3)c3cc4c(cc3n2)C(C)(C)c2ccccc2-4)c2ccc3c(c4ccccc4n3-c3ccccc3)c12. The van der Waals surface area contributed by atoms with Crippen LogP contribution in [-0.2, 0) is 5.41 Å². The van der Waals surface area contributed by atoms with Crippen molar-refractivity contribution in [2.45, 2.75) is 26.2 Å². The highest BCUT2D eigenvalue weighted by Gasteiger charge is 2.36. The van der Waals surface area contributed by atoms with Gasteiger partial charge in [-0.3, -0.25) is 4.57 Å². The summed E-state index contributed by atoms with van der Waals surface area (Å²) in [5.74, 6) is 0.636. The Labute approximate surface area is 302 Å². The predicted octanol–water partition coefficient (Wildman–Crippen LogP) is 12.3. The Balaban J connectivity index is 1.33. The second-order valence-electron chi connectivity index (χ2n) is 14.2. The van der Waals surface area contributed by atoms with E-state index in [4.69, 9.17) is 9.97 Å². The van der Waals surface area contributed by atoms with Gasteiger partial charge in [0.1, 0.15) is 0 Å². The van der Waals surface area contributed by atoms with Crippen LogP contribution >= 0.6 is 0 Å². The molecule has 10 rings (SSSR count). The van der Waals surface area contributed by atoms with Gasteiger partial charge in [0.15, 0.2) is 0 Å². The van der Waals surface area contributed by atoms with Gasteiger partial charge in [0.2, 0.25) is 5.95 Å². The van der Waals surface area contributed by atoms with Crippen molar-refractivity contribution >= 4 is 55.8 Å². The molecule has 1 aliphatic carbocycles. The molecule has 0 atom stereocenters. The van der Waals surface area contributed by atoms with E-state index >= 15 is 0 Å². The maximum atomic E-state index is 5.47. The van der Waals surface area contributed by atoms with Crippen molar-refractivity contribution in [2.24, 2.45) is 0 Å². The summed E-state index contributed by atoms with van der Waals surface area (Å²) in [7, 11) is 0. The molecule has 52 heavy (non-hydrogen) atoms. The molecule has 0 fully saturated rings. The number of hydrogen-bond donors (Lipinski definition) is 0. The highest BCUT2D eigenvalue weighted by Crippen LogP contribution is 2.50. The summed E-state index contributed by atoms with van der Waals surface area (Å²) in [6.45, 7) is 11.1. The van der Waals surface area contributed by atoms with Crippen molar-refractivity contribution < 1.29 is 0 Å². The zero-order valence-corrected chi connectivity index (χ0v) is 29.4. The zero-order chi connectivity index (χ0) is 35.1. The van der Waals surface area contributed by atoms with Crippen molar-refractivity contribution in [1.29, 1.82) is 0 Å². The molecule has 0 bridgehead atoms. The molecule has 0 unspecified atom stereocenters. The van der Waals surface area contributed by atoms with E-state index in [1.807, 2.05) is 6.08 Å². The highest BCUT2D eigenvalue weighted by atomic mass is 15.2. The predicted molar refractivity (Wildman–Crippen MR) is 219 cm³/mol. The summed E-state index contributed by atoms with van der Waals surface area (Å²) in [5.41, 5.74) is 14.5. The smallest absolute Gasteiger partial charge is 0.235 e. The van der Waals surface area contributed by atoms with Gasteiger partial charge in [0, 0.05) is 43.8 Å². The fraction of sp³-hybridized carbons (Fsp3) is 0.0833. The minimum absolute atomic E-state index is 0.150. The molecule has 0 radical (unpaired) electrons. The molecule has 1 aliphatic rings. The van der Waals surface area contributed by atoms with Crippen LogP contribution in [0.1, 0.15) is 43.2 Å². The Bertz CT molecular complexity index is 2940. The monoisotopic (exact) mass is 668 g/mol. The highest BCUT2D eigenvalue weighted by molar-refractivity contribution is 6.24. The number of rotatable bonds is 5. The largest absolute Gasteiger partial charge is 0.309 e. The summed E-state index contributed by atoms with van der Waals surface area (Å²) in [6.07, 6.45) is 6.25. The molecule has 3 heterocycles. The van der Waals surface area contributed by atoms with Crippen molar-refractivity contribution in [3.05, 3.63) is 168 Å². The number of allylic oxidation sites excluding steroid dienone is 1. The molecule has 9 aromatic rings. The Morgan fingerprint density at radius 1 is 0.615 bits per heavy atom. The Hall–Kier alpha value is -6.52. The van der Waals surface area contributed by atoms with E-state index in [1.54, 1.807) is 0 Å². The second-order valence-corrected chi connectivity index (χ2v) is 14.2. The quantitative estimate of drug-likeness (QED) is 0.183. The molecule has 4 nitrogen and oxygen atoms in total. The maximum absolute atomic E-state index is 5.47. The van der Waals surface area contributed by atoms with Crippen LogP contribution in [0, 0.1) is 0 Å². The van der Waals surface area contributed by atoms with Crippen LogP contribution in [-0.4, -0.2) is 19.1 Å². The van der Waals surface area contributed by atoms with Crippen molar-refractivity contribution in [2.75, 3.05) is 0 Å². The first-order valence-electron chi connectivity index (χ1n) is 17.9. The standard InChI is InChI=1S/C48H36N4/c1-5-17-40-32(6-2)44-43(27-26-42-45(44)34-23-14-16-25-41(34)51(42)31-20-11-8-12-21-31)52(40)47-49-39-29-38-35(33-22-13-15-24-37(33)48(38,3)4)28-36(39)46(50-47)30-18-9-7-10-19-30/h5-29H,2H2,1,3-4H3/b17-5-. The average molecular weight is 669 g/mol. The number of benzene rings is 6. The van der Waals surface area contributed by atoms with Crippen molar-refractivity contribution in [3.8, 4) is 34.0 Å². The van der Waals surface area contributed by atoms with Crippen LogP contribution in [0.15, 0.2) is 146 Å². The van der Waals surface area contributed by atoms with E-state index in [9.17, 15) is 0 Å². The van der Waals surface area contributed by atoms with Gasteiger partial charge in [-0.2, -0.15) is 0 Å². The van der Waals surface area contributed by atoms with E-state index < -0.39 is 0 Å². The van der Waals surface area contributed by atoms with E-state index in [0.717, 1.165) is 61.0 Å².